The van der Waals surface area contributed by atoms with Crippen LogP contribution in [0.3, 0.4) is 0 Å². The molecule has 2 fully saturated rings. The summed E-state index contributed by atoms with van der Waals surface area (Å²) < 4.78 is 34.4. The minimum Gasteiger partial charge on any atom is -0.493 e. The topological polar surface area (TPSA) is 96.0 Å². The average molecular weight is 585 g/mol. The minimum atomic E-state index is -0.848. The van der Waals surface area contributed by atoms with E-state index in [2.05, 4.69) is 0 Å². The Balaban J connectivity index is 1.49. The van der Waals surface area contributed by atoms with Crippen LogP contribution in [0.25, 0.3) is 0 Å². The first-order valence-electron chi connectivity index (χ1n) is 14.6. The number of nitrogens with zero attached hydrogens (tertiary/aromatic N) is 2. The Kier molecular flexibility index (Phi) is 10.9. The molecule has 230 valence electrons. The molecule has 0 aromatic heterocycles. The van der Waals surface area contributed by atoms with E-state index in [0.717, 1.165) is 24.8 Å². The first-order chi connectivity index (χ1) is 20.2. The van der Waals surface area contributed by atoms with Crippen molar-refractivity contribution in [2.45, 2.75) is 70.4 Å². The monoisotopic (exact) mass is 584 g/mol. The number of morpholine rings is 1. The Bertz CT molecular complexity index is 1160. The molecule has 0 bridgehead atoms. The standard InChI is InChI=1S/C32H44N2O8/c1-32(2,3)42-31(36)33-20-26(22-40-25-10-7-6-8-11-25)41-29(21-33)30(35)34(24-13-14-24)19-23-12-15-27(38-5)28(18-23)39-17-9-16-37-4/h6-8,10-12,15,18,24,26,29H,9,13-14,16-17,19-22H2,1-5H3/t26-,29?/m0/s1. The van der Waals surface area contributed by atoms with E-state index in [4.69, 9.17) is 28.4 Å². The van der Waals surface area contributed by atoms with E-state index in [9.17, 15) is 9.59 Å². The van der Waals surface area contributed by atoms with Crippen molar-refractivity contribution >= 4 is 12.0 Å². The second-order valence-corrected chi connectivity index (χ2v) is 11.6. The van der Waals surface area contributed by atoms with Gasteiger partial charge in [-0.15, -0.1) is 0 Å². The van der Waals surface area contributed by atoms with Crippen LogP contribution in [-0.2, 0) is 25.5 Å². The molecule has 2 amide bonds. The lowest BCUT2D eigenvalue weighted by Crippen LogP contribution is -2.57. The van der Waals surface area contributed by atoms with Crippen molar-refractivity contribution in [2.24, 2.45) is 0 Å². The van der Waals surface area contributed by atoms with Gasteiger partial charge in [-0.1, -0.05) is 24.3 Å². The number of amides is 2. The van der Waals surface area contributed by atoms with Gasteiger partial charge in [-0.25, -0.2) is 4.79 Å². The predicted molar refractivity (Wildman–Crippen MR) is 157 cm³/mol. The molecule has 10 heteroatoms. The molecule has 2 atom stereocenters. The molecule has 1 saturated carbocycles. The van der Waals surface area contributed by atoms with Gasteiger partial charge in [-0.05, 0) is 63.4 Å². The largest absolute Gasteiger partial charge is 0.493 e. The predicted octanol–water partition coefficient (Wildman–Crippen LogP) is 4.69. The van der Waals surface area contributed by atoms with Crippen molar-refractivity contribution in [2.75, 3.05) is 47.1 Å². The van der Waals surface area contributed by atoms with Crippen molar-refractivity contribution in [3.63, 3.8) is 0 Å². The van der Waals surface area contributed by atoms with Crippen LogP contribution in [0.4, 0.5) is 4.79 Å². The molecule has 1 heterocycles. The van der Waals surface area contributed by atoms with Crippen molar-refractivity contribution in [1.82, 2.24) is 9.80 Å². The van der Waals surface area contributed by atoms with Crippen LogP contribution in [0.5, 0.6) is 17.2 Å². The maximum atomic E-state index is 14.0. The SMILES string of the molecule is COCCCOc1cc(CN(C(=O)C2CN(C(=O)OC(C)(C)C)C[C@@H](COc3ccccc3)O2)C2CC2)ccc1OC. The van der Waals surface area contributed by atoms with E-state index in [1.165, 1.54) is 0 Å². The molecule has 0 radical (unpaired) electrons. The summed E-state index contributed by atoms with van der Waals surface area (Å²) in [6.07, 6.45) is 0.765. The Morgan fingerprint density at radius 3 is 2.40 bits per heavy atom. The molecular formula is C32H44N2O8. The third-order valence-electron chi connectivity index (χ3n) is 6.88. The van der Waals surface area contributed by atoms with Crippen LogP contribution in [0, 0.1) is 0 Å². The number of methoxy groups -OCH3 is 2. The molecular weight excluding hydrogens is 540 g/mol. The number of hydrogen-bond acceptors (Lipinski definition) is 8. The fraction of sp³-hybridized carbons (Fsp3) is 0.562. The molecule has 2 aliphatic rings. The summed E-state index contributed by atoms with van der Waals surface area (Å²) in [7, 11) is 3.26. The Morgan fingerprint density at radius 2 is 1.74 bits per heavy atom. The second-order valence-electron chi connectivity index (χ2n) is 11.6. The van der Waals surface area contributed by atoms with Gasteiger partial charge in [-0.2, -0.15) is 0 Å². The summed E-state index contributed by atoms with van der Waals surface area (Å²) in [5, 5.41) is 0. The summed E-state index contributed by atoms with van der Waals surface area (Å²) in [6.45, 7) is 7.51. The second kappa shape index (κ2) is 14.6. The number of rotatable bonds is 13. The molecule has 10 nitrogen and oxygen atoms in total. The molecule has 0 spiro atoms. The van der Waals surface area contributed by atoms with Gasteiger partial charge in [0.05, 0.1) is 26.8 Å². The highest BCUT2D eigenvalue weighted by molar-refractivity contribution is 5.83. The van der Waals surface area contributed by atoms with Gasteiger partial charge in [-0.3, -0.25) is 4.79 Å². The fourth-order valence-corrected chi connectivity index (χ4v) is 4.72. The lowest BCUT2D eigenvalue weighted by Gasteiger charge is -2.39. The summed E-state index contributed by atoms with van der Waals surface area (Å²) in [6, 6.07) is 15.2. The first kappa shape index (κ1) is 31.4. The molecule has 2 aromatic rings. The van der Waals surface area contributed by atoms with E-state index in [1.54, 1.807) is 19.1 Å². The zero-order valence-electron chi connectivity index (χ0n) is 25.4. The summed E-state index contributed by atoms with van der Waals surface area (Å²) in [4.78, 5) is 30.5. The molecule has 1 unspecified atom stereocenters. The number of carbonyl (C=O) groups excluding carboxylic acids is 2. The number of carbonyl (C=O) groups is 2. The van der Waals surface area contributed by atoms with Gasteiger partial charge in [0.2, 0.25) is 0 Å². The number of hydrogen-bond donors (Lipinski definition) is 0. The van der Waals surface area contributed by atoms with Crippen LogP contribution in [0.15, 0.2) is 48.5 Å². The third kappa shape index (κ3) is 9.25. The molecule has 4 rings (SSSR count). The Labute approximate surface area is 248 Å². The first-order valence-corrected chi connectivity index (χ1v) is 14.6. The van der Waals surface area contributed by atoms with Crippen LogP contribution in [-0.4, -0.2) is 92.8 Å². The van der Waals surface area contributed by atoms with Gasteiger partial charge in [0.1, 0.15) is 24.1 Å². The Hall–Kier alpha value is -3.50. The maximum absolute atomic E-state index is 14.0. The quantitative estimate of drug-likeness (QED) is 0.313. The third-order valence-corrected chi connectivity index (χ3v) is 6.88. The molecule has 1 saturated heterocycles. The fourth-order valence-electron chi connectivity index (χ4n) is 4.72. The lowest BCUT2D eigenvalue weighted by atomic mass is 10.1. The zero-order valence-corrected chi connectivity index (χ0v) is 25.4. The summed E-state index contributed by atoms with van der Waals surface area (Å²) in [5.74, 6) is 1.79. The van der Waals surface area contributed by atoms with E-state index in [1.807, 2.05) is 74.2 Å². The van der Waals surface area contributed by atoms with Crippen LogP contribution in [0.1, 0.15) is 45.6 Å². The molecule has 1 aliphatic carbocycles. The van der Waals surface area contributed by atoms with E-state index >= 15 is 0 Å². The Morgan fingerprint density at radius 1 is 0.976 bits per heavy atom. The number of para-hydroxylation sites is 1. The highest BCUT2D eigenvalue weighted by atomic mass is 16.6. The molecule has 42 heavy (non-hydrogen) atoms. The molecule has 2 aromatic carbocycles. The van der Waals surface area contributed by atoms with Gasteiger partial charge in [0.25, 0.3) is 5.91 Å². The lowest BCUT2D eigenvalue weighted by molar-refractivity contribution is -0.160. The normalized spacial score (nSPS) is 18.7. The van der Waals surface area contributed by atoms with Crippen molar-refractivity contribution < 1.29 is 38.0 Å². The summed E-state index contributed by atoms with van der Waals surface area (Å²) in [5.41, 5.74) is 0.254. The van der Waals surface area contributed by atoms with Crippen molar-refractivity contribution in [1.29, 1.82) is 0 Å². The minimum absolute atomic E-state index is 0.106. The molecule has 1 aliphatic heterocycles. The number of ether oxygens (including phenoxy) is 6. The van der Waals surface area contributed by atoms with E-state index in [0.29, 0.717) is 37.0 Å². The van der Waals surface area contributed by atoms with Crippen molar-refractivity contribution in [3.8, 4) is 17.2 Å². The number of benzene rings is 2. The summed E-state index contributed by atoms with van der Waals surface area (Å²) >= 11 is 0. The van der Waals surface area contributed by atoms with Gasteiger partial charge < -0.3 is 38.2 Å². The van der Waals surface area contributed by atoms with Gasteiger partial charge in [0, 0.05) is 32.7 Å². The highest BCUT2D eigenvalue weighted by Gasteiger charge is 2.42. The van der Waals surface area contributed by atoms with Crippen LogP contribution in [0.2, 0.25) is 0 Å². The molecule has 0 N–H and O–H groups in total. The highest BCUT2D eigenvalue weighted by Crippen LogP contribution is 2.33. The zero-order chi connectivity index (χ0) is 30.1. The van der Waals surface area contributed by atoms with Gasteiger partial charge in [0.15, 0.2) is 17.6 Å². The van der Waals surface area contributed by atoms with Crippen molar-refractivity contribution in [3.05, 3.63) is 54.1 Å². The average Bonchev–Trinajstić information content (AvgIpc) is 3.82. The maximum Gasteiger partial charge on any atom is 0.410 e. The van der Waals surface area contributed by atoms with E-state index < -0.39 is 23.9 Å². The van der Waals surface area contributed by atoms with Crippen LogP contribution >= 0.6 is 0 Å². The van der Waals surface area contributed by atoms with E-state index in [-0.39, 0.29) is 31.6 Å². The smallest absolute Gasteiger partial charge is 0.410 e. The van der Waals surface area contributed by atoms with Crippen LogP contribution < -0.4 is 14.2 Å². The van der Waals surface area contributed by atoms with Gasteiger partial charge >= 0.3 is 6.09 Å².